The molecule has 24 heteroatoms. The van der Waals surface area contributed by atoms with Crippen molar-refractivity contribution in [3.8, 4) is 0 Å². The van der Waals surface area contributed by atoms with Gasteiger partial charge in [-0.3, -0.25) is 32.6 Å². The summed E-state index contributed by atoms with van der Waals surface area (Å²) >= 11 is 0. The van der Waals surface area contributed by atoms with E-state index in [0.717, 1.165) is 28.5 Å². The van der Waals surface area contributed by atoms with Crippen molar-refractivity contribution >= 4 is 51.5 Å². The number of aromatic nitrogens is 4. The minimum Gasteiger partial charge on any atom is -0.382 e. The molecule has 10 atom stereocenters. The van der Waals surface area contributed by atoms with E-state index < -0.39 is 78.1 Å². The summed E-state index contributed by atoms with van der Waals surface area (Å²) in [4.78, 5) is 45.7. The largest absolute Gasteiger partial charge is 0.472 e. The predicted molar refractivity (Wildman–Crippen MR) is 148 cm³/mol. The molecule has 45 heavy (non-hydrogen) atoms. The summed E-state index contributed by atoms with van der Waals surface area (Å²) < 4.78 is 90.6. The van der Waals surface area contributed by atoms with E-state index >= 15 is 8.78 Å². The van der Waals surface area contributed by atoms with Crippen LogP contribution in [0, 0.1) is 0 Å². The lowest BCUT2D eigenvalue weighted by Gasteiger charge is -2.27. The lowest BCUT2D eigenvalue weighted by atomic mass is 10.1. The quantitative estimate of drug-likeness (QED) is 0.244. The van der Waals surface area contributed by atoms with E-state index in [1.54, 1.807) is 0 Å². The lowest BCUT2D eigenvalue weighted by molar-refractivity contribution is -0.0660. The number of aliphatic imine (C=N–C) groups is 3. The molecule has 6 heterocycles. The van der Waals surface area contributed by atoms with E-state index in [2.05, 4.69) is 36.6 Å². The van der Waals surface area contributed by atoms with Gasteiger partial charge in [-0.1, -0.05) is 0 Å². The number of phosphoric acid groups is 2. The van der Waals surface area contributed by atoms with Gasteiger partial charge in [0.05, 0.1) is 25.9 Å². The van der Waals surface area contributed by atoms with Crippen LogP contribution in [0.3, 0.4) is 0 Å². The highest BCUT2D eigenvalue weighted by Crippen LogP contribution is 2.53. The molecular formula is C21H26F2N10O10P2. The molecule has 244 valence electrons. The van der Waals surface area contributed by atoms with Gasteiger partial charge in [-0.15, -0.1) is 0 Å². The van der Waals surface area contributed by atoms with Gasteiger partial charge in [0.1, 0.15) is 42.0 Å². The van der Waals surface area contributed by atoms with Gasteiger partial charge >= 0.3 is 15.6 Å². The number of phosphoric ester groups is 2. The van der Waals surface area contributed by atoms with Gasteiger partial charge in [-0.25, -0.2) is 42.8 Å². The highest BCUT2D eigenvalue weighted by atomic mass is 31.2. The Bertz CT molecular complexity index is 1690. The highest BCUT2D eigenvalue weighted by Gasteiger charge is 2.56. The van der Waals surface area contributed by atoms with Crippen LogP contribution in [-0.4, -0.2) is 116 Å². The average Bonchev–Trinajstić information content (AvgIpc) is 3.75. The lowest BCUT2D eigenvalue weighted by Crippen LogP contribution is -2.43. The highest BCUT2D eigenvalue weighted by molar-refractivity contribution is 7.47. The zero-order valence-electron chi connectivity index (χ0n) is 23.0. The van der Waals surface area contributed by atoms with E-state index in [9.17, 15) is 18.9 Å². The van der Waals surface area contributed by atoms with Crippen molar-refractivity contribution in [3.05, 3.63) is 24.2 Å². The number of ether oxygens (including phenoxy) is 2. The summed E-state index contributed by atoms with van der Waals surface area (Å²) in [7, 11) is -8.92. The van der Waals surface area contributed by atoms with Gasteiger partial charge in [-0.2, -0.15) is 0 Å². The molecule has 0 spiro atoms. The number of hydrogen-bond acceptors (Lipinski definition) is 16. The van der Waals surface area contributed by atoms with Crippen molar-refractivity contribution in [1.82, 2.24) is 24.4 Å². The Morgan fingerprint density at radius 2 is 1.64 bits per heavy atom. The maximum Gasteiger partial charge on any atom is 0.472 e. The molecule has 0 saturated carbocycles. The molecule has 0 radical (unpaired) electrons. The number of nitrogen functional groups attached to an aromatic ring is 1. The second kappa shape index (κ2) is 11.8. The van der Waals surface area contributed by atoms with Gasteiger partial charge in [0.2, 0.25) is 0 Å². The Balaban J connectivity index is 1.26. The maximum atomic E-state index is 15.9. The summed E-state index contributed by atoms with van der Waals surface area (Å²) in [5.74, 6) is -0.116. The van der Waals surface area contributed by atoms with Gasteiger partial charge in [-0.05, 0) is 6.72 Å². The average molecular weight is 678 g/mol. The fraction of sp³-hybridized carbons (Fsp3) is 0.524. The van der Waals surface area contributed by atoms with Crippen molar-refractivity contribution in [2.75, 3.05) is 26.0 Å². The van der Waals surface area contributed by atoms with Crippen molar-refractivity contribution < 1.29 is 55.3 Å². The third kappa shape index (κ3) is 5.78. The molecule has 6 rings (SSSR count). The van der Waals surface area contributed by atoms with Gasteiger partial charge in [0, 0.05) is 7.05 Å². The SMILES string of the molecule is C=N/C(N)=C1/N=CN([C@@H]2O[C@@H]3COP(=O)(O)O[C@@H]4C(COP(=O)(O)O[C@H]3[C@H]2F)O[C@@H](n2cnc3c(N)ncnc32)[C@@H]4F)/C1=N/C. The van der Waals surface area contributed by atoms with E-state index in [0.29, 0.717) is 0 Å². The van der Waals surface area contributed by atoms with Crippen LogP contribution in [0.25, 0.3) is 11.2 Å². The van der Waals surface area contributed by atoms with E-state index in [4.69, 9.17) is 39.0 Å². The number of anilines is 1. The smallest absolute Gasteiger partial charge is 0.382 e. The van der Waals surface area contributed by atoms with Crippen molar-refractivity contribution in [2.45, 2.75) is 49.2 Å². The van der Waals surface area contributed by atoms with Crippen LogP contribution in [-0.2, 0) is 36.7 Å². The van der Waals surface area contributed by atoms with Gasteiger partial charge in [0.25, 0.3) is 0 Å². The molecule has 6 N–H and O–H groups in total. The van der Waals surface area contributed by atoms with Crippen LogP contribution in [0.1, 0.15) is 6.23 Å². The molecular weight excluding hydrogens is 652 g/mol. The molecule has 20 nitrogen and oxygen atoms in total. The minimum atomic E-state index is -5.14. The second-order valence-corrected chi connectivity index (χ2v) is 12.7. The zero-order valence-corrected chi connectivity index (χ0v) is 24.8. The Labute approximate surface area is 251 Å². The number of fused-ring (bicyclic) bond motifs is 3. The first kappa shape index (κ1) is 31.7. The van der Waals surface area contributed by atoms with Gasteiger partial charge < -0.3 is 30.7 Å². The predicted octanol–water partition coefficient (Wildman–Crippen LogP) is -0.0744. The first-order chi connectivity index (χ1) is 21.3. The summed E-state index contributed by atoms with van der Waals surface area (Å²) in [5.41, 5.74) is 11.8. The normalized spacial score (nSPS) is 41.1. The fourth-order valence-electron chi connectivity index (χ4n) is 5.13. The molecule has 0 bridgehead atoms. The number of nitrogens with two attached hydrogens (primary N) is 2. The number of alkyl halides is 2. The van der Waals surface area contributed by atoms with Crippen LogP contribution in [0.2, 0.25) is 0 Å². The fourth-order valence-corrected chi connectivity index (χ4v) is 7.05. The van der Waals surface area contributed by atoms with Crippen molar-refractivity contribution in [2.24, 2.45) is 20.7 Å². The van der Waals surface area contributed by atoms with Crippen molar-refractivity contribution in [3.63, 3.8) is 0 Å². The second-order valence-electron chi connectivity index (χ2n) is 9.86. The third-order valence-electron chi connectivity index (χ3n) is 7.18. The topological polar surface area (TPSA) is 266 Å². The Morgan fingerprint density at radius 3 is 2.24 bits per heavy atom. The zero-order chi connectivity index (χ0) is 32.3. The van der Waals surface area contributed by atoms with E-state index in [-0.39, 0.29) is 34.3 Å². The van der Waals surface area contributed by atoms with Gasteiger partial charge in [0.15, 0.2) is 47.9 Å². The minimum absolute atomic E-state index is 0.00365. The molecule has 3 fully saturated rings. The molecule has 2 aromatic heterocycles. The van der Waals surface area contributed by atoms with Crippen LogP contribution in [0.15, 0.2) is 39.1 Å². The standard InChI is InChI=1S/C21H26F2N10O10P2/c1-26-16(24)12-18(27-2)32(6-30-12)20-10(22)14-8(40-20)3-38-45(36,37)43-15-9(4-39-44(34,35)42-14)41-21(11(15)23)33-7-31-13-17(25)28-5-29-19(13)33/h5-11,14-15,20-21H,1,3-4,24H2,2H3,(H,34,35)(H,36,37)(H2,25,28,29)/b16-12+,27-18+/t8-,9?,10-,11-,14-,15-,20-,21-/m1/s1. The first-order valence-electron chi connectivity index (χ1n) is 12.9. The maximum absolute atomic E-state index is 15.9. The van der Waals surface area contributed by atoms with Crippen LogP contribution >= 0.6 is 15.6 Å². The Morgan fingerprint density at radius 1 is 1.04 bits per heavy atom. The molecule has 4 aliphatic heterocycles. The Hall–Kier alpha value is -3.30. The van der Waals surface area contributed by atoms with Crippen molar-refractivity contribution in [1.29, 1.82) is 0 Å². The number of hydrogen-bond donors (Lipinski definition) is 4. The molecule has 0 amide bonds. The number of rotatable bonds is 3. The molecule has 3 unspecified atom stereocenters. The molecule has 2 aromatic rings. The molecule has 4 aliphatic rings. The van der Waals surface area contributed by atoms with Crippen LogP contribution in [0.4, 0.5) is 14.6 Å². The summed E-state index contributed by atoms with van der Waals surface area (Å²) in [6.45, 7) is 1.48. The number of halogens is 2. The molecule has 0 aromatic carbocycles. The van der Waals surface area contributed by atoms with E-state index in [1.165, 1.54) is 7.05 Å². The third-order valence-corrected chi connectivity index (χ3v) is 9.15. The van der Waals surface area contributed by atoms with Crippen LogP contribution in [0.5, 0.6) is 0 Å². The molecule has 0 aliphatic carbocycles. The van der Waals surface area contributed by atoms with Crippen LogP contribution < -0.4 is 11.5 Å². The number of amidine groups is 1. The number of imidazole rings is 1. The Kier molecular flexibility index (Phi) is 8.31. The summed E-state index contributed by atoms with van der Waals surface area (Å²) in [6, 6.07) is 0. The summed E-state index contributed by atoms with van der Waals surface area (Å²) in [6.07, 6.45) is -11.2. The number of nitrogens with zero attached hydrogens (tertiary/aromatic N) is 8. The monoisotopic (exact) mass is 678 g/mol. The summed E-state index contributed by atoms with van der Waals surface area (Å²) in [5, 5.41) is 0. The molecule has 3 saturated heterocycles. The van der Waals surface area contributed by atoms with E-state index in [1.807, 2.05) is 0 Å². The first-order valence-corrected chi connectivity index (χ1v) is 15.9.